The van der Waals surface area contributed by atoms with Crippen LogP contribution in [0.2, 0.25) is 0 Å². The fourth-order valence-corrected chi connectivity index (χ4v) is 3.15. The molecule has 0 radical (unpaired) electrons. The van der Waals surface area contributed by atoms with E-state index in [1.165, 1.54) is 12.3 Å². The first-order valence-electron chi connectivity index (χ1n) is 6.46. The van der Waals surface area contributed by atoms with Gasteiger partial charge in [-0.3, -0.25) is 4.98 Å². The van der Waals surface area contributed by atoms with Crippen LogP contribution in [0.1, 0.15) is 11.3 Å². The first-order valence-corrected chi connectivity index (χ1v) is 7.94. The minimum Gasteiger partial charge on any atom is -0.457 e. The Labute approximate surface area is 127 Å². The Bertz CT molecular complexity index is 855. The molecule has 0 saturated carbocycles. The molecule has 3 rings (SSSR count). The lowest BCUT2D eigenvalue weighted by atomic mass is 10.3. The number of aryl methyl sites for hydroxylation is 1. The molecule has 0 spiro atoms. The van der Waals surface area contributed by atoms with Gasteiger partial charge in [-0.25, -0.2) is 13.1 Å². The molecule has 1 N–H and O–H groups in total. The molecule has 0 bridgehead atoms. The third kappa shape index (κ3) is 2.92. The van der Waals surface area contributed by atoms with Crippen molar-refractivity contribution in [2.45, 2.75) is 18.4 Å². The predicted molar refractivity (Wildman–Crippen MR) is 77.2 cm³/mol. The van der Waals surface area contributed by atoms with Gasteiger partial charge in [0.05, 0.1) is 6.20 Å². The van der Waals surface area contributed by atoms with Crippen LogP contribution >= 0.6 is 0 Å². The van der Waals surface area contributed by atoms with Gasteiger partial charge in [-0.15, -0.1) is 0 Å². The second kappa shape index (κ2) is 5.74. The Morgan fingerprint density at radius 1 is 1.23 bits per heavy atom. The van der Waals surface area contributed by atoms with Crippen molar-refractivity contribution in [2.24, 2.45) is 0 Å². The van der Waals surface area contributed by atoms with Crippen molar-refractivity contribution in [3.8, 4) is 11.5 Å². The zero-order chi connectivity index (χ0) is 15.6. The van der Waals surface area contributed by atoms with Gasteiger partial charge in [-0.05, 0) is 18.6 Å². The Kier molecular flexibility index (Phi) is 3.78. The van der Waals surface area contributed by atoms with Gasteiger partial charge < -0.3 is 8.94 Å². The summed E-state index contributed by atoms with van der Waals surface area (Å²) in [5, 5.41) is 3.57. The number of aromatic nitrogens is 2. The van der Waals surface area contributed by atoms with Gasteiger partial charge in [-0.2, -0.15) is 0 Å². The Morgan fingerprint density at radius 3 is 2.77 bits per heavy atom. The molecule has 0 unspecified atom stereocenters. The van der Waals surface area contributed by atoms with Crippen LogP contribution in [0, 0.1) is 6.92 Å². The maximum atomic E-state index is 12.4. The van der Waals surface area contributed by atoms with E-state index in [9.17, 15) is 8.42 Å². The number of sulfonamides is 1. The zero-order valence-electron chi connectivity index (χ0n) is 11.7. The molecule has 3 heterocycles. The summed E-state index contributed by atoms with van der Waals surface area (Å²) >= 11 is 0. The highest BCUT2D eigenvalue weighted by molar-refractivity contribution is 7.89. The second-order valence-electron chi connectivity index (χ2n) is 4.59. The molecule has 0 saturated heterocycles. The number of hydrogen-bond acceptors (Lipinski definition) is 6. The molecule has 0 amide bonds. The van der Waals surface area contributed by atoms with Crippen molar-refractivity contribution in [3.63, 3.8) is 0 Å². The highest BCUT2D eigenvalue weighted by Crippen LogP contribution is 2.27. The minimum atomic E-state index is -3.69. The first-order chi connectivity index (χ1) is 10.6. The molecule has 114 valence electrons. The minimum absolute atomic E-state index is 0.0720. The third-order valence-electron chi connectivity index (χ3n) is 3.03. The van der Waals surface area contributed by atoms with Crippen LogP contribution in [0.3, 0.4) is 0 Å². The Hall–Kier alpha value is -2.45. The smallest absolute Gasteiger partial charge is 0.244 e. The largest absolute Gasteiger partial charge is 0.457 e. The molecule has 0 aromatic carbocycles. The van der Waals surface area contributed by atoms with E-state index in [1.807, 2.05) is 0 Å². The second-order valence-corrected chi connectivity index (χ2v) is 6.33. The summed E-state index contributed by atoms with van der Waals surface area (Å²) in [7, 11) is -3.69. The van der Waals surface area contributed by atoms with E-state index in [1.54, 1.807) is 37.5 Å². The lowest BCUT2D eigenvalue weighted by Crippen LogP contribution is -2.23. The standard InChI is InChI=1S/C14H13N3O4S/c1-10-14(7-13(20-10)12-4-6-16-21-12)22(18,19)17-9-11-3-2-5-15-8-11/h2-8,17H,9H2,1H3. The molecular weight excluding hydrogens is 306 g/mol. The molecule has 8 heteroatoms. The van der Waals surface area contributed by atoms with Crippen molar-refractivity contribution >= 4 is 10.0 Å². The first kappa shape index (κ1) is 14.5. The van der Waals surface area contributed by atoms with Crippen LogP contribution in [0.25, 0.3) is 11.5 Å². The van der Waals surface area contributed by atoms with Crippen LogP contribution in [-0.2, 0) is 16.6 Å². The lowest BCUT2D eigenvalue weighted by molar-refractivity contribution is 0.414. The topological polar surface area (TPSA) is 98.2 Å². The number of hydrogen-bond donors (Lipinski definition) is 1. The molecule has 3 aromatic rings. The normalized spacial score (nSPS) is 11.7. The fourth-order valence-electron chi connectivity index (χ4n) is 1.96. The lowest BCUT2D eigenvalue weighted by Gasteiger charge is -2.05. The highest BCUT2D eigenvalue weighted by Gasteiger charge is 2.22. The van der Waals surface area contributed by atoms with Crippen molar-refractivity contribution in [3.05, 3.63) is 54.2 Å². The molecule has 22 heavy (non-hydrogen) atoms. The molecule has 3 aromatic heterocycles. The fraction of sp³-hybridized carbons (Fsp3) is 0.143. The van der Waals surface area contributed by atoms with Gasteiger partial charge in [0.15, 0.2) is 5.76 Å². The van der Waals surface area contributed by atoms with E-state index in [-0.39, 0.29) is 17.2 Å². The van der Waals surface area contributed by atoms with Crippen LogP contribution < -0.4 is 4.72 Å². The van der Waals surface area contributed by atoms with E-state index in [0.717, 1.165) is 5.56 Å². The van der Waals surface area contributed by atoms with E-state index >= 15 is 0 Å². The predicted octanol–water partition coefficient (Wildman–Crippen LogP) is 2.12. The summed E-state index contributed by atoms with van der Waals surface area (Å²) < 4.78 is 37.7. The quantitative estimate of drug-likeness (QED) is 0.773. The molecule has 0 fully saturated rings. The Morgan fingerprint density at radius 2 is 2.09 bits per heavy atom. The zero-order valence-corrected chi connectivity index (χ0v) is 12.5. The average Bonchev–Trinajstić information content (AvgIpc) is 3.15. The Balaban J connectivity index is 1.83. The summed E-state index contributed by atoms with van der Waals surface area (Å²) in [6.45, 7) is 1.73. The van der Waals surface area contributed by atoms with Crippen LogP contribution in [0.4, 0.5) is 0 Å². The summed E-state index contributed by atoms with van der Waals surface area (Å²) in [6.07, 6.45) is 4.69. The van der Waals surface area contributed by atoms with E-state index in [2.05, 4.69) is 14.9 Å². The maximum Gasteiger partial charge on any atom is 0.244 e. The number of pyridine rings is 1. The van der Waals surface area contributed by atoms with Gasteiger partial charge in [0, 0.05) is 31.1 Å². The van der Waals surface area contributed by atoms with Crippen LogP contribution in [0.5, 0.6) is 0 Å². The summed E-state index contributed by atoms with van der Waals surface area (Å²) in [5.41, 5.74) is 0.766. The molecule has 7 nitrogen and oxygen atoms in total. The summed E-state index contributed by atoms with van der Waals surface area (Å²) in [5.74, 6) is 0.971. The molecule has 0 aliphatic heterocycles. The molecule has 0 atom stereocenters. The monoisotopic (exact) mass is 319 g/mol. The summed E-state index contributed by atoms with van der Waals surface area (Å²) in [4.78, 5) is 4.01. The van der Waals surface area contributed by atoms with Gasteiger partial charge in [0.2, 0.25) is 15.8 Å². The number of furan rings is 1. The van der Waals surface area contributed by atoms with Crippen LogP contribution in [-0.4, -0.2) is 18.6 Å². The van der Waals surface area contributed by atoms with Crippen molar-refractivity contribution in [2.75, 3.05) is 0 Å². The van der Waals surface area contributed by atoms with Gasteiger partial charge in [0.25, 0.3) is 0 Å². The maximum absolute atomic E-state index is 12.4. The third-order valence-corrected chi connectivity index (χ3v) is 4.54. The van der Waals surface area contributed by atoms with Crippen LogP contribution in [0.15, 0.2) is 56.7 Å². The van der Waals surface area contributed by atoms with E-state index in [0.29, 0.717) is 11.5 Å². The van der Waals surface area contributed by atoms with Gasteiger partial charge >= 0.3 is 0 Å². The highest BCUT2D eigenvalue weighted by atomic mass is 32.2. The van der Waals surface area contributed by atoms with Crippen molar-refractivity contribution in [1.82, 2.24) is 14.9 Å². The average molecular weight is 319 g/mol. The van der Waals surface area contributed by atoms with E-state index < -0.39 is 10.0 Å². The van der Waals surface area contributed by atoms with Gasteiger partial charge in [0.1, 0.15) is 10.7 Å². The summed E-state index contributed by atoms with van der Waals surface area (Å²) in [6, 6.07) is 6.55. The molecular formula is C14H13N3O4S. The van der Waals surface area contributed by atoms with Crippen molar-refractivity contribution in [1.29, 1.82) is 0 Å². The SMILES string of the molecule is Cc1oc(-c2ccno2)cc1S(=O)(=O)NCc1cccnc1. The van der Waals surface area contributed by atoms with Crippen molar-refractivity contribution < 1.29 is 17.4 Å². The number of nitrogens with zero attached hydrogens (tertiary/aromatic N) is 2. The van der Waals surface area contributed by atoms with Gasteiger partial charge in [-0.1, -0.05) is 11.2 Å². The molecule has 0 aliphatic carbocycles. The number of rotatable bonds is 5. The number of nitrogens with one attached hydrogen (secondary N) is 1. The van der Waals surface area contributed by atoms with E-state index in [4.69, 9.17) is 8.94 Å². The molecule has 0 aliphatic rings.